The van der Waals surface area contributed by atoms with E-state index in [1.165, 1.54) is 11.9 Å². The Morgan fingerprint density at radius 3 is 2.27 bits per heavy atom. The summed E-state index contributed by atoms with van der Waals surface area (Å²) >= 11 is 0. The topological polar surface area (TPSA) is 91.8 Å². The molecule has 0 atom stereocenters. The molecule has 1 amide bonds. The zero-order valence-electron chi connectivity index (χ0n) is 8.76. The van der Waals surface area contributed by atoms with Crippen LogP contribution in [0.1, 0.15) is 13.3 Å². The summed E-state index contributed by atoms with van der Waals surface area (Å²) < 4.78 is 22.5. The van der Waals surface area contributed by atoms with Gasteiger partial charge in [0.1, 0.15) is 5.75 Å². The molecule has 0 bridgehead atoms. The van der Waals surface area contributed by atoms with E-state index in [9.17, 15) is 18.0 Å². The lowest BCUT2D eigenvalue weighted by Crippen LogP contribution is -2.33. The van der Waals surface area contributed by atoms with Gasteiger partial charge in [-0.25, -0.2) is 8.42 Å². The molecule has 1 N–H and O–H groups in total. The van der Waals surface area contributed by atoms with E-state index in [1.54, 1.807) is 6.92 Å². The Morgan fingerprint density at radius 1 is 1.33 bits per heavy atom. The zero-order chi connectivity index (χ0) is 12.1. The molecule has 0 aromatic rings. The number of carboxylic acid groups (broad SMARTS) is 1. The molecule has 0 saturated heterocycles. The molecular weight excluding hydrogens is 222 g/mol. The van der Waals surface area contributed by atoms with E-state index in [1.807, 2.05) is 0 Å². The van der Waals surface area contributed by atoms with Crippen molar-refractivity contribution in [3.63, 3.8) is 0 Å². The number of sulfone groups is 1. The van der Waals surface area contributed by atoms with Gasteiger partial charge in [-0.3, -0.25) is 9.59 Å². The van der Waals surface area contributed by atoms with Gasteiger partial charge in [-0.05, 0) is 6.92 Å². The lowest BCUT2D eigenvalue weighted by atomic mass is 10.5. The number of carbonyl (C=O) groups is 2. The highest BCUT2D eigenvalue weighted by atomic mass is 32.2. The molecule has 0 aromatic carbocycles. The SMILES string of the molecule is CCN(C)C(=O)CS(=O)(=O)CCC(=O)O. The van der Waals surface area contributed by atoms with Crippen LogP contribution in [-0.2, 0) is 19.4 Å². The van der Waals surface area contributed by atoms with Crippen LogP contribution in [0.25, 0.3) is 0 Å². The Hall–Kier alpha value is -1.11. The van der Waals surface area contributed by atoms with Gasteiger partial charge >= 0.3 is 5.97 Å². The summed E-state index contributed by atoms with van der Waals surface area (Å²) in [5.41, 5.74) is 0. The Balaban J connectivity index is 4.26. The van der Waals surface area contributed by atoms with Gasteiger partial charge in [0.2, 0.25) is 5.91 Å². The summed E-state index contributed by atoms with van der Waals surface area (Å²) in [5, 5.41) is 8.31. The van der Waals surface area contributed by atoms with E-state index in [0.717, 1.165) is 0 Å². The Labute approximate surface area is 88.8 Å². The van der Waals surface area contributed by atoms with Gasteiger partial charge in [0.05, 0.1) is 12.2 Å². The second-order valence-corrected chi connectivity index (χ2v) is 5.33. The van der Waals surface area contributed by atoms with Gasteiger partial charge in [0.25, 0.3) is 0 Å². The number of hydrogen-bond donors (Lipinski definition) is 1. The minimum Gasteiger partial charge on any atom is -0.481 e. The smallest absolute Gasteiger partial charge is 0.304 e. The molecule has 0 spiro atoms. The van der Waals surface area contributed by atoms with Crippen molar-refractivity contribution in [2.45, 2.75) is 13.3 Å². The summed E-state index contributed by atoms with van der Waals surface area (Å²) in [6.45, 7) is 2.15. The molecule has 0 fully saturated rings. The minimum absolute atomic E-state index is 0.424. The normalized spacial score (nSPS) is 11.1. The van der Waals surface area contributed by atoms with E-state index >= 15 is 0 Å². The van der Waals surface area contributed by atoms with Crippen molar-refractivity contribution in [3.8, 4) is 0 Å². The first-order valence-electron chi connectivity index (χ1n) is 4.44. The molecule has 0 aliphatic heterocycles. The largest absolute Gasteiger partial charge is 0.481 e. The zero-order valence-corrected chi connectivity index (χ0v) is 9.58. The lowest BCUT2D eigenvalue weighted by Gasteiger charge is -2.13. The molecule has 0 aliphatic carbocycles. The average molecular weight is 237 g/mol. The maximum atomic E-state index is 11.3. The molecule has 0 aliphatic rings. The fraction of sp³-hybridized carbons (Fsp3) is 0.750. The molecule has 0 aromatic heterocycles. The van der Waals surface area contributed by atoms with Crippen LogP contribution < -0.4 is 0 Å². The minimum atomic E-state index is -3.60. The number of carbonyl (C=O) groups excluding carboxylic acids is 1. The molecule has 0 heterocycles. The average Bonchev–Trinajstić information content (AvgIpc) is 2.13. The lowest BCUT2D eigenvalue weighted by molar-refractivity contribution is -0.136. The van der Waals surface area contributed by atoms with Crippen molar-refractivity contribution in [1.82, 2.24) is 4.90 Å². The number of carboxylic acids is 1. The molecule has 6 nitrogen and oxygen atoms in total. The first-order chi connectivity index (χ1) is 6.78. The van der Waals surface area contributed by atoms with Crippen molar-refractivity contribution in [2.75, 3.05) is 25.1 Å². The van der Waals surface area contributed by atoms with Crippen molar-refractivity contribution in [2.24, 2.45) is 0 Å². The second-order valence-electron chi connectivity index (χ2n) is 3.14. The van der Waals surface area contributed by atoms with Gasteiger partial charge in [-0.15, -0.1) is 0 Å². The van der Waals surface area contributed by atoms with Crippen LogP contribution in [-0.4, -0.2) is 55.4 Å². The molecule has 0 radical (unpaired) electrons. The van der Waals surface area contributed by atoms with Crippen LogP contribution in [0.15, 0.2) is 0 Å². The number of aliphatic carboxylic acids is 1. The van der Waals surface area contributed by atoms with Gasteiger partial charge in [-0.2, -0.15) is 0 Å². The first kappa shape index (κ1) is 13.9. The van der Waals surface area contributed by atoms with Crippen LogP contribution in [0.5, 0.6) is 0 Å². The van der Waals surface area contributed by atoms with Crippen LogP contribution in [0.2, 0.25) is 0 Å². The van der Waals surface area contributed by atoms with Crippen LogP contribution in [0.3, 0.4) is 0 Å². The molecule has 88 valence electrons. The third-order valence-corrected chi connectivity index (χ3v) is 3.38. The monoisotopic (exact) mass is 237 g/mol. The van der Waals surface area contributed by atoms with E-state index < -0.39 is 39.6 Å². The first-order valence-corrected chi connectivity index (χ1v) is 6.27. The number of nitrogens with zero attached hydrogens (tertiary/aromatic N) is 1. The quantitative estimate of drug-likeness (QED) is 0.663. The van der Waals surface area contributed by atoms with Crippen LogP contribution in [0.4, 0.5) is 0 Å². The fourth-order valence-corrected chi connectivity index (χ4v) is 2.02. The van der Waals surface area contributed by atoms with Gasteiger partial charge in [0, 0.05) is 13.6 Å². The predicted molar refractivity (Wildman–Crippen MR) is 54.2 cm³/mol. The van der Waals surface area contributed by atoms with E-state index in [4.69, 9.17) is 5.11 Å². The Morgan fingerprint density at radius 2 is 1.87 bits per heavy atom. The standard InChI is InChI=1S/C8H15NO5S/c1-3-9(2)7(10)6-15(13,14)5-4-8(11)12/h3-6H2,1-2H3,(H,11,12). The molecule has 7 heteroatoms. The predicted octanol–water partition coefficient (Wildman–Crippen LogP) is -0.646. The highest BCUT2D eigenvalue weighted by Crippen LogP contribution is 1.97. The molecular formula is C8H15NO5S. The van der Waals surface area contributed by atoms with Gasteiger partial charge in [0.15, 0.2) is 9.84 Å². The van der Waals surface area contributed by atoms with Crippen molar-refractivity contribution in [1.29, 1.82) is 0 Å². The van der Waals surface area contributed by atoms with Crippen molar-refractivity contribution >= 4 is 21.7 Å². The summed E-state index contributed by atoms with van der Waals surface area (Å²) in [5.74, 6) is -2.81. The van der Waals surface area contributed by atoms with Crippen molar-refractivity contribution in [3.05, 3.63) is 0 Å². The summed E-state index contributed by atoms with van der Waals surface area (Å²) in [6, 6.07) is 0. The molecule has 0 rings (SSSR count). The Kier molecular flexibility index (Phi) is 5.27. The summed E-state index contributed by atoms with van der Waals surface area (Å²) in [4.78, 5) is 22.7. The molecule has 15 heavy (non-hydrogen) atoms. The highest BCUT2D eigenvalue weighted by molar-refractivity contribution is 7.92. The number of amides is 1. The van der Waals surface area contributed by atoms with Gasteiger partial charge < -0.3 is 10.0 Å². The van der Waals surface area contributed by atoms with E-state index in [2.05, 4.69) is 0 Å². The van der Waals surface area contributed by atoms with E-state index in [-0.39, 0.29) is 0 Å². The molecule has 0 saturated carbocycles. The number of hydrogen-bond acceptors (Lipinski definition) is 4. The third kappa shape index (κ3) is 6.05. The summed E-state index contributed by atoms with van der Waals surface area (Å²) in [7, 11) is -2.11. The maximum absolute atomic E-state index is 11.3. The second kappa shape index (κ2) is 5.69. The van der Waals surface area contributed by atoms with Crippen molar-refractivity contribution < 1.29 is 23.1 Å². The maximum Gasteiger partial charge on any atom is 0.304 e. The summed E-state index contributed by atoms with van der Waals surface area (Å²) in [6.07, 6.45) is -0.467. The highest BCUT2D eigenvalue weighted by Gasteiger charge is 2.19. The van der Waals surface area contributed by atoms with Crippen LogP contribution >= 0.6 is 0 Å². The van der Waals surface area contributed by atoms with Crippen LogP contribution in [0, 0.1) is 0 Å². The molecule has 0 unspecified atom stereocenters. The van der Waals surface area contributed by atoms with E-state index in [0.29, 0.717) is 6.54 Å². The fourth-order valence-electron chi connectivity index (χ4n) is 0.790. The van der Waals surface area contributed by atoms with Gasteiger partial charge in [-0.1, -0.05) is 0 Å². The number of rotatable bonds is 6. The third-order valence-electron chi connectivity index (χ3n) is 1.87. The Bertz CT molecular complexity index is 335.